The lowest BCUT2D eigenvalue weighted by atomic mass is 9.74. The molecular weight excluding hydrogens is 352 g/mol. The van der Waals surface area contributed by atoms with Crippen LogP contribution in [0.4, 0.5) is 0 Å². The van der Waals surface area contributed by atoms with Crippen LogP contribution in [0.1, 0.15) is 57.4 Å². The maximum Gasteiger partial charge on any atom is 0.260 e. The Morgan fingerprint density at radius 3 is 2.64 bits per heavy atom. The molecule has 0 aromatic heterocycles. The van der Waals surface area contributed by atoms with Gasteiger partial charge in [-0.3, -0.25) is 9.59 Å². The first-order valence-electron chi connectivity index (χ1n) is 10.9. The van der Waals surface area contributed by atoms with Gasteiger partial charge in [0.2, 0.25) is 5.91 Å². The van der Waals surface area contributed by atoms with Gasteiger partial charge in [0.1, 0.15) is 5.75 Å². The molecule has 0 unspecified atom stereocenters. The SMILES string of the molecule is C[C@H]1Oc2ccccc2CCCCC2(CCN(C(=O)C3CC3)CC2)CNC1=O. The zero-order valence-electron chi connectivity index (χ0n) is 16.9. The van der Waals surface area contributed by atoms with Crippen LogP contribution < -0.4 is 10.1 Å². The van der Waals surface area contributed by atoms with Gasteiger partial charge in [-0.1, -0.05) is 24.6 Å². The Labute approximate surface area is 167 Å². The van der Waals surface area contributed by atoms with E-state index < -0.39 is 6.10 Å². The molecule has 1 saturated carbocycles. The van der Waals surface area contributed by atoms with Crippen LogP contribution in [0.2, 0.25) is 0 Å². The number of aryl methyl sites for hydroxylation is 1. The van der Waals surface area contributed by atoms with Gasteiger partial charge in [0, 0.05) is 25.6 Å². The van der Waals surface area contributed by atoms with Crippen LogP contribution in [0.25, 0.3) is 0 Å². The molecule has 2 amide bonds. The van der Waals surface area contributed by atoms with Crippen LogP contribution in [-0.2, 0) is 16.0 Å². The van der Waals surface area contributed by atoms with Crippen molar-refractivity contribution in [2.45, 2.75) is 64.4 Å². The highest BCUT2D eigenvalue weighted by atomic mass is 16.5. The minimum Gasteiger partial charge on any atom is -0.481 e. The quantitative estimate of drug-likeness (QED) is 0.808. The molecule has 0 radical (unpaired) electrons. The number of nitrogens with one attached hydrogen (secondary N) is 1. The average molecular weight is 385 g/mol. The number of benzene rings is 1. The molecule has 5 heteroatoms. The summed E-state index contributed by atoms with van der Waals surface area (Å²) < 4.78 is 5.97. The molecule has 1 aromatic rings. The third-order valence-corrected chi connectivity index (χ3v) is 6.75. The maximum atomic E-state index is 12.6. The molecule has 1 saturated heterocycles. The zero-order chi connectivity index (χ0) is 19.6. The Balaban J connectivity index is 1.43. The molecule has 3 aliphatic rings. The number of ether oxygens (including phenoxy) is 1. The Bertz CT molecular complexity index is 720. The summed E-state index contributed by atoms with van der Waals surface area (Å²) >= 11 is 0. The molecular formula is C23H32N2O3. The summed E-state index contributed by atoms with van der Waals surface area (Å²) in [5, 5.41) is 3.15. The van der Waals surface area contributed by atoms with Gasteiger partial charge in [0.05, 0.1) is 0 Å². The van der Waals surface area contributed by atoms with Crippen LogP contribution in [0.15, 0.2) is 24.3 Å². The first-order chi connectivity index (χ1) is 13.6. The number of carbonyl (C=O) groups excluding carboxylic acids is 2. The molecule has 1 spiro atoms. The second-order valence-electron chi connectivity index (χ2n) is 8.89. The van der Waals surface area contributed by atoms with Crippen molar-refractivity contribution in [3.8, 4) is 5.75 Å². The molecule has 0 bridgehead atoms. The smallest absolute Gasteiger partial charge is 0.260 e. The highest BCUT2D eigenvalue weighted by molar-refractivity contribution is 5.81. The first-order valence-corrected chi connectivity index (χ1v) is 10.9. The van der Waals surface area contributed by atoms with Gasteiger partial charge >= 0.3 is 0 Å². The van der Waals surface area contributed by atoms with E-state index in [0.29, 0.717) is 18.4 Å². The van der Waals surface area contributed by atoms with E-state index in [9.17, 15) is 9.59 Å². The van der Waals surface area contributed by atoms with E-state index in [1.807, 2.05) is 25.1 Å². The van der Waals surface area contributed by atoms with Gasteiger partial charge in [-0.25, -0.2) is 0 Å². The minimum atomic E-state index is -0.505. The van der Waals surface area contributed by atoms with E-state index in [-0.39, 0.29) is 11.3 Å². The highest BCUT2D eigenvalue weighted by Crippen LogP contribution is 2.39. The van der Waals surface area contributed by atoms with Crippen LogP contribution in [0, 0.1) is 11.3 Å². The molecule has 1 N–H and O–H groups in total. The van der Waals surface area contributed by atoms with Gasteiger partial charge in [0.15, 0.2) is 6.10 Å². The van der Waals surface area contributed by atoms with Crippen molar-refractivity contribution in [3.63, 3.8) is 0 Å². The summed E-state index contributed by atoms with van der Waals surface area (Å²) in [4.78, 5) is 27.1. The summed E-state index contributed by atoms with van der Waals surface area (Å²) in [5.41, 5.74) is 1.29. The summed E-state index contributed by atoms with van der Waals surface area (Å²) in [7, 11) is 0. The molecule has 2 aliphatic heterocycles. The zero-order valence-corrected chi connectivity index (χ0v) is 16.9. The minimum absolute atomic E-state index is 0.0498. The van der Waals surface area contributed by atoms with Crippen LogP contribution >= 0.6 is 0 Å². The van der Waals surface area contributed by atoms with Crippen LogP contribution in [0.5, 0.6) is 5.75 Å². The fourth-order valence-corrected chi connectivity index (χ4v) is 4.61. The summed E-state index contributed by atoms with van der Waals surface area (Å²) in [5.74, 6) is 1.42. The summed E-state index contributed by atoms with van der Waals surface area (Å²) in [6, 6.07) is 8.05. The maximum absolute atomic E-state index is 12.6. The van der Waals surface area contributed by atoms with Crippen molar-refractivity contribution < 1.29 is 14.3 Å². The lowest BCUT2D eigenvalue weighted by molar-refractivity contribution is -0.135. The van der Waals surface area contributed by atoms with Crippen molar-refractivity contribution in [3.05, 3.63) is 29.8 Å². The monoisotopic (exact) mass is 384 g/mol. The number of fused-ring (bicyclic) bond motifs is 1. The van der Waals surface area contributed by atoms with Gasteiger partial charge in [-0.2, -0.15) is 0 Å². The number of amides is 2. The lowest BCUT2D eigenvalue weighted by Crippen LogP contribution is -2.49. The van der Waals surface area contributed by atoms with E-state index in [2.05, 4.69) is 16.3 Å². The third kappa shape index (κ3) is 4.34. The number of para-hydroxylation sites is 1. The fourth-order valence-electron chi connectivity index (χ4n) is 4.61. The van der Waals surface area contributed by atoms with E-state index in [0.717, 1.165) is 70.2 Å². The van der Waals surface area contributed by atoms with Crippen molar-refractivity contribution in [1.82, 2.24) is 10.2 Å². The standard InChI is InChI=1S/C23H32N2O3/c1-17-21(26)24-16-23(12-14-25(15-13-23)22(27)19-9-10-19)11-5-4-7-18-6-2-3-8-20(18)28-17/h2-3,6,8,17,19H,4-5,7,9-16H2,1H3,(H,24,26)/t17-/m1/s1. The Morgan fingerprint density at radius 1 is 1.14 bits per heavy atom. The van der Waals surface area contributed by atoms with Crippen LogP contribution in [-0.4, -0.2) is 42.5 Å². The van der Waals surface area contributed by atoms with Crippen molar-refractivity contribution >= 4 is 11.8 Å². The predicted octanol–water partition coefficient (Wildman–Crippen LogP) is 3.32. The predicted molar refractivity (Wildman–Crippen MR) is 108 cm³/mol. The topological polar surface area (TPSA) is 58.6 Å². The van der Waals surface area contributed by atoms with Gasteiger partial charge in [0.25, 0.3) is 5.91 Å². The molecule has 1 atom stereocenters. The van der Waals surface area contributed by atoms with Gasteiger partial charge < -0.3 is 15.0 Å². The van der Waals surface area contributed by atoms with Crippen molar-refractivity contribution in [2.24, 2.45) is 11.3 Å². The molecule has 28 heavy (non-hydrogen) atoms. The second-order valence-corrected chi connectivity index (χ2v) is 8.89. The Morgan fingerprint density at radius 2 is 1.89 bits per heavy atom. The van der Waals surface area contributed by atoms with E-state index in [1.54, 1.807) is 0 Å². The Kier molecular flexibility index (Phi) is 5.61. The van der Waals surface area contributed by atoms with E-state index in [4.69, 9.17) is 4.74 Å². The van der Waals surface area contributed by atoms with E-state index in [1.165, 1.54) is 5.56 Å². The van der Waals surface area contributed by atoms with Gasteiger partial charge in [-0.05, 0) is 68.9 Å². The summed E-state index contributed by atoms with van der Waals surface area (Å²) in [6.07, 6.45) is 7.93. The van der Waals surface area contributed by atoms with Crippen molar-refractivity contribution in [2.75, 3.05) is 19.6 Å². The molecule has 1 aliphatic carbocycles. The van der Waals surface area contributed by atoms with E-state index >= 15 is 0 Å². The molecule has 5 nitrogen and oxygen atoms in total. The molecule has 152 valence electrons. The largest absolute Gasteiger partial charge is 0.481 e. The number of likely N-dealkylation sites (tertiary alicyclic amines) is 1. The third-order valence-electron chi connectivity index (χ3n) is 6.75. The lowest BCUT2D eigenvalue weighted by Gasteiger charge is -2.42. The van der Waals surface area contributed by atoms with Crippen molar-refractivity contribution in [1.29, 1.82) is 0 Å². The molecule has 1 aromatic carbocycles. The molecule has 2 heterocycles. The number of hydrogen-bond acceptors (Lipinski definition) is 3. The molecule has 2 fully saturated rings. The number of carbonyl (C=O) groups is 2. The first kappa shape index (κ1) is 19.3. The Hall–Kier alpha value is -2.04. The summed E-state index contributed by atoms with van der Waals surface area (Å²) in [6.45, 7) is 4.17. The normalized spacial score (nSPS) is 25.7. The van der Waals surface area contributed by atoms with Gasteiger partial charge in [-0.15, -0.1) is 0 Å². The second kappa shape index (κ2) is 8.14. The number of piperidine rings is 1. The average Bonchev–Trinajstić information content (AvgIpc) is 3.55. The number of rotatable bonds is 1. The molecule has 4 rings (SSSR count). The number of nitrogens with zero attached hydrogens (tertiary/aromatic N) is 1. The number of hydrogen-bond donors (Lipinski definition) is 1. The fraction of sp³-hybridized carbons (Fsp3) is 0.652. The van der Waals surface area contributed by atoms with Crippen LogP contribution in [0.3, 0.4) is 0 Å². The highest BCUT2D eigenvalue weighted by Gasteiger charge is 2.40.